The number of anilines is 1. The Hall–Kier alpha value is -2.88. The van der Waals surface area contributed by atoms with Gasteiger partial charge >= 0.3 is 0 Å². The molecule has 4 rings (SSSR count). The maximum absolute atomic E-state index is 12.4. The summed E-state index contributed by atoms with van der Waals surface area (Å²) in [5.41, 5.74) is 4.10. The highest BCUT2D eigenvalue weighted by atomic mass is 35.5. The van der Waals surface area contributed by atoms with Gasteiger partial charge in [0.2, 0.25) is 4.96 Å². The third-order valence-electron chi connectivity index (χ3n) is 4.75. The van der Waals surface area contributed by atoms with Crippen LogP contribution in [0.5, 0.6) is 0 Å². The molecule has 2 aromatic carbocycles. The lowest BCUT2D eigenvalue weighted by molar-refractivity contribution is 0.0977. The van der Waals surface area contributed by atoms with Crippen LogP contribution in [-0.2, 0) is 6.42 Å². The van der Waals surface area contributed by atoms with Gasteiger partial charge in [-0.2, -0.15) is 9.61 Å². The number of aromatic nitrogens is 4. The van der Waals surface area contributed by atoms with Gasteiger partial charge in [-0.25, -0.2) is 0 Å². The molecule has 10 heteroatoms. The number of nitrogens with zero attached hydrogens (tertiary/aromatic N) is 4. The average Bonchev–Trinajstić information content (AvgIpc) is 3.32. The van der Waals surface area contributed by atoms with Crippen molar-refractivity contribution in [3.05, 3.63) is 63.9 Å². The zero-order valence-corrected chi connectivity index (χ0v) is 19.5. The van der Waals surface area contributed by atoms with Crippen LogP contribution in [0, 0.1) is 13.8 Å². The van der Waals surface area contributed by atoms with Crippen LogP contribution in [0.15, 0.2) is 36.4 Å². The standard InChI is InChI=1S/C21H19ClN6OS2/c1-4-17-25-26-21-28(17)27-19(31-21)14-7-8-16(12(3)9-14)23-20(30)24-18(29)13-6-5-11(2)15(22)10-13/h5-10H,4H2,1-3H3,(H2,23,24,29,30). The monoisotopic (exact) mass is 470 g/mol. The predicted molar refractivity (Wildman–Crippen MR) is 128 cm³/mol. The van der Waals surface area contributed by atoms with Gasteiger partial charge in [-0.05, 0) is 67.5 Å². The molecule has 2 N–H and O–H groups in total. The number of aryl methyl sites for hydroxylation is 3. The number of carbonyl (C=O) groups is 1. The van der Waals surface area contributed by atoms with E-state index in [0.717, 1.165) is 44.6 Å². The molecule has 0 saturated carbocycles. The van der Waals surface area contributed by atoms with Gasteiger partial charge in [0.05, 0.1) is 0 Å². The number of nitrogens with one attached hydrogen (secondary N) is 2. The highest BCUT2D eigenvalue weighted by Crippen LogP contribution is 2.28. The highest BCUT2D eigenvalue weighted by molar-refractivity contribution is 7.80. The van der Waals surface area contributed by atoms with E-state index in [1.807, 2.05) is 39.0 Å². The summed E-state index contributed by atoms with van der Waals surface area (Å²) in [6.45, 7) is 5.87. The SMILES string of the molecule is CCc1nnc2sc(-c3ccc(NC(=S)NC(=O)c4ccc(C)c(Cl)c4)c(C)c3)nn12. The number of fused-ring (bicyclic) bond motifs is 1. The van der Waals surface area contributed by atoms with Crippen molar-refractivity contribution in [2.24, 2.45) is 0 Å². The van der Waals surface area contributed by atoms with Crippen LogP contribution < -0.4 is 10.6 Å². The number of carbonyl (C=O) groups excluding carboxylic acids is 1. The van der Waals surface area contributed by atoms with Gasteiger partial charge in [-0.15, -0.1) is 10.2 Å². The Labute approximate surface area is 193 Å². The minimum atomic E-state index is -0.319. The molecule has 1 amide bonds. The van der Waals surface area contributed by atoms with Crippen LogP contribution >= 0.6 is 35.2 Å². The molecule has 0 radical (unpaired) electrons. The van der Waals surface area contributed by atoms with E-state index in [2.05, 4.69) is 25.9 Å². The summed E-state index contributed by atoms with van der Waals surface area (Å²) in [4.78, 5) is 13.2. The molecule has 0 aliphatic carbocycles. The van der Waals surface area contributed by atoms with Gasteiger partial charge in [0, 0.05) is 28.3 Å². The first kappa shape index (κ1) is 21.4. The van der Waals surface area contributed by atoms with Gasteiger partial charge in [0.25, 0.3) is 5.91 Å². The van der Waals surface area contributed by atoms with Crippen molar-refractivity contribution in [3.8, 4) is 10.6 Å². The topological polar surface area (TPSA) is 84.2 Å². The number of hydrogen-bond acceptors (Lipinski definition) is 6. The molecule has 2 aromatic heterocycles. The molecular formula is C21H19ClN6OS2. The first-order chi connectivity index (χ1) is 14.9. The molecule has 7 nitrogen and oxygen atoms in total. The van der Waals surface area contributed by atoms with Crippen LogP contribution in [0.4, 0.5) is 5.69 Å². The molecule has 0 atom stereocenters. The lowest BCUT2D eigenvalue weighted by Gasteiger charge is -2.13. The molecule has 0 aliphatic heterocycles. The molecule has 0 spiro atoms. The van der Waals surface area contributed by atoms with E-state index in [9.17, 15) is 4.79 Å². The van der Waals surface area contributed by atoms with Crippen molar-refractivity contribution in [3.63, 3.8) is 0 Å². The third kappa shape index (κ3) is 4.43. The van der Waals surface area contributed by atoms with Crippen molar-refractivity contribution < 1.29 is 4.79 Å². The van der Waals surface area contributed by atoms with Crippen LogP contribution in [0.1, 0.15) is 34.2 Å². The second-order valence-electron chi connectivity index (χ2n) is 6.97. The minimum absolute atomic E-state index is 0.212. The number of amides is 1. The zero-order chi connectivity index (χ0) is 22.1. The van der Waals surface area contributed by atoms with E-state index < -0.39 is 0 Å². The first-order valence-corrected chi connectivity index (χ1v) is 11.2. The summed E-state index contributed by atoms with van der Waals surface area (Å²) in [6, 6.07) is 11.0. The fourth-order valence-electron chi connectivity index (χ4n) is 2.99. The summed E-state index contributed by atoms with van der Waals surface area (Å²) in [7, 11) is 0. The normalized spacial score (nSPS) is 11.0. The Morgan fingerprint density at radius 3 is 2.68 bits per heavy atom. The van der Waals surface area contributed by atoms with Crippen LogP contribution in [-0.4, -0.2) is 30.8 Å². The molecular weight excluding hydrogens is 452 g/mol. The second kappa shape index (κ2) is 8.70. The van der Waals surface area contributed by atoms with Crippen molar-refractivity contribution in [1.29, 1.82) is 0 Å². The van der Waals surface area contributed by atoms with Crippen LogP contribution in [0.2, 0.25) is 5.02 Å². The molecule has 0 unspecified atom stereocenters. The van der Waals surface area contributed by atoms with Crippen molar-refractivity contribution >= 4 is 56.8 Å². The summed E-state index contributed by atoms with van der Waals surface area (Å²) in [6.07, 6.45) is 0.768. The summed E-state index contributed by atoms with van der Waals surface area (Å²) < 4.78 is 1.78. The predicted octanol–water partition coefficient (Wildman–Crippen LogP) is 4.81. The Balaban J connectivity index is 1.47. The van der Waals surface area contributed by atoms with Crippen LogP contribution in [0.25, 0.3) is 15.5 Å². The van der Waals surface area contributed by atoms with Gasteiger partial charge in [-0.3, -0.25) is 10.1 Å². The molecule has 31 heavy (non-hydrogen) atoms. The van der Waals surface area contributed by atoms with Gasteiger partial charge in [0.1, 0.15) is 5.01 Å². The van der Waals surface area contributed by atoms with Gasteiger partial charge < -0.3 is 5.32 Å². The zero-order valence-electron chi connectivity index (χ0n) is 17.1. The Morgan fingerprint density at radius 1 is 1.16 bits per heavy atom. The highest BCUT2D eigenvalue weighted by Gasteiger charge is 2.14. The van der Waals surface area contributed by atoms with Crippen molar-refractivity contribution in [2.45, 2.75) is 27.2 Å². The molecule has 0 bridgehead atoms. The molecule has 2 heterocycles. The minimum Gasteiger partial charge on any atom is -0.332 e. The fraction of sp³-hybridized carbons (Fsp3) is 0.190. The van der Waals surface area contributed by atoms with Crippen molar-refractivity contribution in [1.82, 2.24) is 25.1 Å². The number of benzene rings is 2. The van der Waals surface area contributed by atoms with E-state index in [1.54, 1.807) is 22.7 Å². The third-order valence-corrected chi connectivity index (χ3v) is 6.31. The Kier molecular flexibility index (Phi) is 5.99. The van der Waals surface area contributed by atoms with Gasteiger partial charge in [0.15, 0.2) is 10.9 Å². The Morgan fingerprint density at radius 2 is 1.97 bits per heavy atom. The van der Waals surface area contributed by atoms with E-state index in [0.29, 0.717) is 10.6 Å². The van der Waals surface area contributed by atoms with E-state index in [4.69, 9.17) is 23.8 Å². The lowest BCUT2D eigenvalue weighted by Crippen LogP contribution is -2.34. The molecule has 0 fully saturated rings. The number of hydrogen-bond donors (Lipinski definition) is 2. The largest absolute Gasteiger partial charge is 0.332 e. The van der Waals surface area contributed by atoms with E-state index in [1.165, 1.54) is 11.3 Å². The second-order valence-corrected chi connectivity index (χ2v) is 8.74. The molecule has 158 valence electrons. The van der Waals surface area contributed by atoms with Gasteiger partial charge in [-0.1, -0.05) is 35.9 Å². The quantitative estimate of drug-likeness (QED) is 0.416. The number of halogens is 1. The summed E-state index contributed by atoms with van der Waals surface area (Å²) >= 11 is 12.9. The van der Waals surface area contributed by atoms with Crippen LogP contribution in [0.3, 0.4) is 0 Å². The summed E-state index contributed by atoms with van der Waals surface area (Å²) in [5.74, 6) is 0.517. The maximum atomic E-state index is 12.4. The molecule has 0 saturated heterocycles. The summed E-state index contributed by atoms with van der Waals surface area (Å²) in [5, 5.41) is 20.3. The van der Waals surface area contributed by atoms with E-state index in [-0.39, 0.29) is 11.0 Å². The number of thiocarbonyl (C=S) groups is 1. The first-order valence-electron chi connectivity index (χ1n) is 9.56. The Bertz CT molecular complexity index is 1310. The fourth-order valence-corrected chi connectivity index (χ4v) is 4.23. The molecule has 0 aliphatic rings. The van der Waals surface area contributed by atoms with E-state index >= 15 is 0 Å². The molecule has 4 aromatic rings. The average molecular weight is 471 g/mol. The number of rotatable bonds is 4. The maximum Gasteiger partial charge on any atom is 0.257 e. The lowest BCUT2D eigenvalue weighted by atomic mass is 10.1. The van der Waals surface area contributed by atoms with Crippen molar-refractivity contribution in [2.75, 3.05) is 5.32 Å². The smallest absolute Gasteiger partial charge is 0.257 e.